The topological polar surface area (TPSA) is 168 Å². The van der Waals surface area contributed by atoms with Crippen LogP contribution in [0.1, 0.15) is 217 Å². The van der Waals surface area contributed by atoms with Gasteiger partial charge < -0.3 is 19.7 Å². The van der Waals surface area contributed by atoms with Crippen LogP contribution >= 0.6 is 0 Å². The summed E-state index contributed by atoms with van der Waals surface area (Å²) in [7, 11) is 0. The molecule has 0 spiro atoms. The molecular formula is C72H66N2O10. The number of benzene rings is 9. The van der Waals surface area contributed by atoms with Gasteiger partial charge in [-0.15, -0.1) is 0 Å². The number of hydrogen-bond acceptors (Lipinski definition) is 8. The Morgan fingerprint density at radius 2 is 0.619 bits per heavy atom. The van der Waals surface area contributed by atoms with Gasteiger partial charge in [0.15, 0.2) is 11.5 Å². The number of imide groups is 2. The van der Waals surface area contributed by atoms with Gasteiger partial charge >= 0.3 is 11.9 Å². The van der Waals surface area contributed by atoms with Crippen LogP contribution in [0.25, 0.3) is 43.1 Å². The monoisotopic (exact) mass is 1120 g/mol. The lowest BCUT2D eigenvalue weighted by molar-refractivity contribution is 0.0682. The van der Waals surface area contributed by atoms with Crippen LogP contribution in [0, 0.1) is 0 Å². The van der Waals surface area contributed by atoms with Crippen LogP contribution in [-0.2, 0) is 32.5 Å². The van der Waals surface area contributed by atoms with Crippen molar-refractivity contribution in [2.45, 2.75) is 143 Å². The van der Waals surface area contributed by atoms with Gasteiger partial charge in [0.2, 0.25) is 0 Å². The molecular weight excluding hydrogens is 1050 g/mol. The minimum atomic E-state index is -1.16. The van der Waals surface area contributed by atoms with Gasteiger partial charge in [-0.25, -0.2) is 19.4 Å². The summed E-state index contributed by atoms with van der Waals surface area (Å²) >= 11 is 0. The fourth-order valence-corrected chi connectivity index (χ4v) is 13.4. The molecule has 13 rings (SSSR count). The van der Waals surface area contributed by atoms with Gasteiger partial charge in [-0.2, -0.15) is 0 Å². The number of ether oxygens (including phenoxy) is 2. The minimum absolute atomic E-state index is 0.0171. The number of hydrogen-bond donors (Lipinski definition) is 2. The quantitative estimate of drug-likeness (QED) is 0.0983. The van der Waals surface area contributed by atoms with Gasteiger partial charge in [-0.05, 0) is 125 Å². The van der Waals surface area contributed by atoms with Crippen molar-refractivity contribution < 1.29 is 48.5 Å². The Bertz CT molecular complexity index is 4210. The zero-order valence-electron chi connectivity index (χ0n) is 50.3. The van der Waals surface area contributed by atoms with Crippen LogP contribution in [0.3, 0.4) is 0 Å². The summed E-state index contributed by atoms with van der Waals surface area (Å²) in [5, 5.41) is 26.5. The smallest absolute Gasteiger partial charge is 0.339 e. The van der Waals surface area contributed by atoms with E-state index in [1.54, 1.807) is 36.4 Å². The number of nitrogens with zero attached hydrogens (tertiary/aromatic N) is 2. The molecule has 2 N–H and O–H groups in total. The van der Waals surface area contributed by atoms with Crippen molar-refractivity contribution >= 4 is 90.0 Å². The van der Waals surface area contributed by atoms with Crippen LogP contribution < -0.4 is 19.3 Å². The first kappa shape index (κ1) is 54.4. The fraction of sp³-hybridized carbons (Fsp3) is 0.306. The van der Waals surface area contributed by atoms with E-state index in [0.29, 0.717) is 65.3 Å². The maximum atomic E-state index is 15.5. The molecule has 0 fully saturated rings. The average molecular weight is 1120 g/mol. The maximum absolute atomic E-state index is 15.5. The van der Waals surface area contributed by atoms with E-state index in [0.717, 1.165) is 22.3 Å². The zero-order chi connectivity index (χ0) is 60.5. The van der Waals surface area contributed by atoms with Crippen molar-refractivity contribution in [1.29, 1.82) is 0 Å². The van der Waals surface area contributed by atoms with Crippen LogP contribution in [-0.4, -0.2) is 45.8 Å². The van der Waals surface area contributed by atoms with Gasteiger partial charge in [0.05, 0.1) is 11.4 Å². The minimum Gasteiger partial charge on any atom is -0.478 e. The second kappa shape index (κ2) is 16.9. The Labute approximate surface area is 487 Å². The highest BCUT2D eigenvalue weighted by atomic mass is 16.5. The van der Waals surface area contributed by atoms with Gasteiger partial charge in [0, 0.05) is 66.1 Å². The molecule has 4 heterocycles. The van der Waals surface area contributed by atoms with Crippen LogP contribution in [0.2, 0.25) is 0 Å². The molecule has 12 heteroatoms. The number of anilines is 2. The molecule has 0 unspecified atom stereocenters. The zero-order valence-corrected chi connectivity index (χ0v) is 50.3. The van der Waals surface area contributed by atoms with Crippen LogP contribution in [0.4, 0.5) is 11.4 Å². The molecule has 9 aromatic carbocycles. The molecule has 424 valence electrons. The molecule has 0 aromatic heterocycles. The number of amides is 4. The predicted molar refractivity (Wildman–Crippen MR) is 329 cm³/mol. The van der Waals surface area contributed by atoms with Gasteiger partial charge in [0.25, 0.3) is 23.6 Å². The molecule has 0 saturated heterocycles. The number of rotatable bonds is 4. The number of carbonyl (C=O) groups is 6. The standard InChI is InChI=1S/C72H66N2O10/c1-67(2,3)33-25-45(65(79)80)57-47(27-33)71(13,14)49-29-35(69(7,8)9)31-51(59(49)83-57)73-61(75)41-21-17-37-39-19-23-43-56-44(24-20-40(54(39)56)38-18-22-42(62(73)76)55(41)53(37)38)64(78)74(63(43)77)52-32-36(70(10,11)12)30-50-60(52)84-58-46(66(81)82)26-34(68(4,5)6)28-48(58)72(50,15)16/h17-32H,1-16H3,(H,79,80)(H,81,82). The van der Waals surface area contributed by atoms with Crippen molar-refractivity contribution in [2.75, 3.05) is 9.80 Å². The van der Waals surface area contributed by atoms with E-state index < -0.39 is 57.2 Å². The highest BCUT2D eigenvalue weighted by molar-refractivity contribution is 6.45. The maximum Gasteiger partial charge on any atom is 0.339 e. The molecule has 4 aliphatic rings. The number of carboxylic acids is 2. The fourth-order valence-electron chi connectivity index (χ4n) is 13.4. The number of fused-ring (bicyclic) bond motifs is 6. The van der Waals surface area contributed by atoms with E-state index in [2.05, 4.69) is 41.5 Å². The Morgan fingerprint density at radius 3 is 0.869 bits per heavy atom. The molecule has 12 nitrogen and oxygen atoms in total. The van der Waals surface area contributed by atoms with E-state index in [1.807, 2.05) is 130 Å². The molecule has 0 atom stereocenters. The van der Waals surface area contributed by atoms with Crippen molar-refractivity contribution in [2.24, 2.45) is 0 Å². The van der Waals surface area contributed by atoms with E-state index in [4.69, 9.17) is 9.47 Å². The molecule has 4 amide bonds. The van der Waals surface area contributed by atoms with Crippen molar-refractivity contribution in [1.82, 2.24) is 0 Å². The van der Waals surface area contributed by atoms with E-state index in [9.17, 15) is 19.8 Å². The summed E-state index contributed by atoms with van der Waals surface area (Å²) in [5.41, 5.74) is 4.30. The average Bonchev–Trinajstić information content (AvgIpc) is 0.817. The second-order valence-corrected chi connectivity index (χ2v) is 28.6. The molecule has 0 saturated carbocycles. The van der Waals surface area contributed by atoms with Crippen LogP contribution in [0.5, 0.6) is 23.0 Å². The number of carboxylic acid groups (broad SMARTS) is 2. The van der Waals surface area contributed by atoms with E-state index in [-0.39, 0.29) is 78.6 Å². The lowest BCUT2D eigenvalue weighted by atomic mass is 9.71. The van der Waals surface area contributed by atoms with Gasteiger partial charge in [0.1, 0.15) is 22.6 Å². The van der Waals surface area contributed by atoms with Crippen molar-refractivity contribution in [3.05, 3.63) is 175 Å². The summed E-state index contributed by atoms with van der Waals surface area (Å²) in [6.07, 6.45) is 0. The van der Waals surface area contributed by atoms with E-state index in [1.165, 1.54) is 9.80 Å². The Kier molecular flexibility index (Phi) is 10.9. The molecule has 0 bridgehead atoms. The molecule has 0 aliphatic carbocycles. The first-order chi connectivity index (χ1) is 39.0. The summed E-state index contributed by atoms with van der Waals surface area (Å²) in [6.45, 7) is 32.6. The van der Waals surface area contributed by atoms with E-state index >= 15 is 19.2 Å². The Morgan fingerprint density at radius 1 is 0.369 bits per heavy atom. The Hall–Kier alpha value is -8.90. The molecule has 0 radical (unpaired) electrons. The molecule has 84 heavy (non-hydrogen) atoms. The second-order valence-electron chi connectivity index (χ2n) is 28.6. The lowest BCUT2D eigenvalue weighted by Gasteiger charge is -2.40. The largest absolute Gasteiger partial charge is 0.478 e. The summed E-state index contributed by atoms with van der Waals surface area (Å²) in [4.78, 5) is 90.6. The Balaban J connectivity index is 0.959. The summed E-state index contributed by atoms with van der Waals surface area (Å²) < 4.78 is 13.6. The normalized spacial score (nSPS) is 16.2. The van der Waals surface area contributed by atoms with Crippen molar-refractivity contribution in [3.8, 4) is 23.0 Å². The van der Waals surface area contributed by atoms with Crippen molar-refractivity contribution in [3.63, 3.8) is 0 Å². The third kappa shape index (κ3) is 7.37. The first-order valence-corrected chi connectivity index (χ1v) is 28.6. The molecule has 9 aromatic rings. The highest BCUT2D eigenvalue weighted by Gasteiger charge is 2.47. The summed E-state index contributed by atoms with van der Waals surface area (Å²) in [5.74, 6) is -3.86. The molecule has 4 aliphatic heterocycles. The predicted octanol–water partition coefficient (Wildman–Crippen LogP) is 16.8. The SMILES string of the molecule is CC(C)(C)c1cc(C(=O)O)c2c(c1)C(C)(C)c1cc(C(C)(C)C)cc(N3C(=O)c4ccc5c6ccc7c8c(ccc(c9ccc(c4c59)C3=O)c86)C(=O)N(c3cc(C(C)(C)C)cc4c3Oc3c(C(=O)O)cc(C(C)(C)C)cc3C4(C)C)C7=O)c1O2. The van der Waals surface area contributed by atoms with Crippen LogP contribution in [0.15, 0.2) is 97.1 Å². The highest BCUT2D eigenvalue weighted by Crippen LogP contribution is 2.58. The summed E-state index contributed by atoms with van der Waals surface area (Å²) in [6, 6.07) is 29.4. The van der Waals surface area contributed by atoms with Gasteiger partial charge in [-0.3, -0.25) is 19.2 Å². The third-order valence-electron chi connectivity index (χ3n) is 18.5. The lowest BCUT2D eigenvalue weighted by Crippen LogP contribution is -2.41. The number of carbonyl (C=O) groups excluding carboxylic acids is 4. The third-order valence-corrected chi connectivity index (χ3v) is 18.5. The number of aromatic carboxylic acids is 2. The van der Waals surface area contributed by atoms with Gasteiger partial charge in [-0.1, -0.05) is 159 Å². The first-order valence-electron chi connectivity index (χ1n) is 28.6.